The highest BCUT2D eigenvalue weighted by Crippen LogP contribution is 2.20. The molecule has 0 aliphatic carbocycles. The van der Waals surface area contributed by atoms with Gasteiger partial charge < -0.3 is 14.7 Å². The molecule has 28 heavy (non-hydrogen) atoms. The van der Waals surface area contributed by atoms with E-state index in [9.17, 15) is 9.59 Å². The Balaban J connectivity index is 1.65. The number of carbonyl (C=O) groups is 2. The molecule has 0 spiro atoms. The lowest BCUT2D eigenvalue weighted by Gasteiger charge is -2.22. The molecule has 0 radical (unpaired) electrons. The molecule has 1 aromatic heterocycles. The third kappa shape index (κ3) is 4.46. The van der Waals surface area contributed by atoms with E-state index in [1.807, 2.05) is 63.2 Å². The van der Waals surface area contributed by atoms with Crippen LogP contribution in [-0.4, -0.2) is 30.1 Å². The molecule has 2 amide bonds. The number of aryl methyl sites for hydroxylation is 2. The van der Waals surface area contributed by atoms with Gasteiger partial charge in [-0.15, -0.1) is 0 Å². The molecule has 6 heteroatoms. The molecule has 1 N–H and O–H groups in total. The number of hydrogen-bond donors (Lipinski definition) is 1. The first-order valence-electron chi connectivity index (χ1n) is 9.17. The number of hydrogen-bond acceptors (Lipinski definition) is 4. The number of benzene rings is 2. The van der Waals surface area contributed by atoms with Gasteiger partial charge in [0.1, 0.15) is 0 Å². The minimum absolute atomic E-state index is 0.118. The van der Waals surface area contributed by atoms with Gasteiger partial charge >= 0.3 is 0 Å². The predicted octanol–water partition coefficient (Wildman–Crippen LogP) is 3.74. The first-order chi connectivity index (χ1) is 13.5. The molecular weight excluding hydrogens is 354 g/mol. The highest BCUT2D eigenvalue weighted by Gasteiger charge is 2.18. The smallest absolute Gasteiger partial charge is 0.273 e. The van der Waals surface area contributed by atoms with Crippen molar-refractivity contribution in [3.63, 3.8) is 0 Å². The Morgan fingerprint density at radius 2 is 1.71 bits per heavy atom. The number of carbonyl (C=O) groups excluding carboxylic acids is 2. The second-order valence-electron chi connectivity index (χ2n) is 6.61. The Labute approximate surface area is 164 Å². The van der Waals surface area contributed by atoms with Gasteiger partial charge in [-0.2, -0.15) is 0 Å². The Hall–Kier alpha value is -3.41. The molecule has 0 unspecified atom stereocenters. The standard InChI is InChI=1S/C22H23N3O3/c1-4-25(18-11-15(2)10-16(3)12-18)21(26)14-23-22(27)19-13-20(28-24-19)17-8-6-5-7-9-17/h5-13H,4,14H2,1-3H3,(H,23,27). The predicted molar refractivity (Wildman–Crippen MR) is 108 cm³/mol. The molecule has 3 rings (SSSR count). The zero-order chi connectivity index (χ0) is 20.1. The Morgan fingerprint density at radius 1 is 1.04 bits per heavy atom. The summed E-state index contributed by atoms with van der Waals surface area (Å²) < 4.78 is 5.24. The molecule has 0 atom stereocenters. The summed E-state index contributed by atoms with van der Waals surface area (Å²) in [6, 6.07) is 16.9. The molecule has 0 saturated heterocycles. The molecule has 3 aromatic rings. The van der Waals surface area contributed by atoms with E-state index in [1.165, 1.54) is 0 Å². The summed E-state index contributed by atoms with van der Waals surface area (Å²) >= 11 is 0. The van der Waals surface area contributed by atoms with Crippen LogP contribution in [0.15, 0.2) is 59.1 Å². The van der Waals surface area contributed by atoms with E-state index in [1.54, 1.807) is 11.0 Å². The largest absolute Gasteiger partial charge is 0.355 e. The van der Waals surface area contributed by atoms with Gasteiger partial charge in [0.15, 0.2) is 11.5 Å². The van der Waals surface area contributed by atoms with Crippen LogP contribution in [0.2, 0.25) is 0 Å². The average Bonchev–Trinajstić information content (AvgIpc) is 3.17. The Morgan fingerprint density at radius 3 is 2.36 bits per heavy atom. The van der Waals surface area contributed by atoms with Crippen LogP contribution in [0.5, 0.6) is 0 Å². The van der Waals surface area contributed by atoms with Gasteiger partial charge in [-0.3, -0.25) is 9.59 Å². The van der Waals surface area contributed by atoms with Gasteiger partial charge in [0, 0.05) is 23.9 Å². The molecular formula is C22H23N3O3. The highest BCUT2D eigenvalue weighted by molar-refractivity contribution is 6.00. The van der Waals surface area contributed by atoms with E-state index in [4.69, 9.17) is 4.52 Å². The molecule has 1 heterocycles. The van der Waals surface area contributed by atoms with Crippen molar-refractivity contribution >= 4 is 17.5 Å². The molecule has 144 valence electrons. The minimum atomic E-state index is -0.448. The Kier molecular flexibility index (Phi) is 5.89. The lowest BCUT2D eigenvalue weighted by atomic mass is 10.1. The summed E-state index contributed by atoms with van der Waals surface area (Å²) in [7, 11) is 0. The number of rotatable bonds is 6. The van der Waals surface area contributed by atoms with Gasteiger partial charge in [0.25, 0.3) is 5.91 Å². The normalized spacial score (nSPS) is 10.5. The summed E-state index contributed by atoms with van der Waals surface area (Å²) in [4.78, 5) is 26.6. The van der Waals surface area contributed by atoms with Crippen LogP contribution in [0.3, 0.4) is 0 Å². The number of nitrogens with one attached hydrogen (secondary N) is 1. The fourth-order valence-corrected chi connectivity index (χ4v) is 3.07. The average molecular weight is 377 g/mol. The van der Waals surface area contributed by atoms with Crippen LogP contribution in [0, 0.1) is 13.8 Å². The summed E-state index contributed by atoms with van der Waals surface area (Å²) in [6.07, 6.45) is 0. The van der Waals surface area contributed by atoms with Crippen molar-refractivity contribution in [3.8, 4) is 11.3 Å². The van der Waals surface area contributed by atoms with Crippen molar-refractivity contribution in [3.05, 3.63) is 71.4 Å². The van der Waals surface area contributed by atoms with Crippen molar-refractivity contribution in [1.29, 1.82) is 0 Å². The van der Waals surface area contributed by atoms with Crippen LogP contribution in [0.4, 0.5) is 5.69 Å². The lowest BCUT2D eigenvalue weighted by Crippen LogP contribution is -2.40. The molecule has 0 bridgehead atoms. The number of amides is 2. The second-order valence-corrected chi connectivity index (χ2v) is 6.61. The summed E-state index contributed by atoms with van der Waals surface area (Å²) in [6.45, 7) is 6.28. The van der Waals surface area contributed by atoms with E-state index in [-0.39, 0.29) is 18.1 Å². The zero-order valence-electron chi connectivity index (χ0n) is 16.2. The van der Waals surface area contributed by atoms with Crippen LogP contribution >= 0.6 is 0 Å². The SMILES string of the molecule is CCN(C(=O)CNC(=O)c1cc(-c2ccccc2)on1)c1cc(C)cc(C)c1. The second kappa shape index (κ2) is 8.52. The van der Waals surface area contributed by atoms with Gasteiger partial charge in [-0.05, 0) is 44.0 Å². The molecule has 0 fully saturated rings. The van der Waals surface area contributed by atoms with E-state index in [2.05, 4.69) is 16.5 Å². The van der Waals surface area contributed by atoms with Crippen LogP contribution in [0.25, 0.3) is 11.3 Å². The van der Waals surface area contributed by atoms with E-state index in [0.29, 0.717) is 12.3 Å². The van der Waals surface area contributed by atoms with Crippen molar-refractivity contribution < 1.29 is 14.1 Å². The fraction of sp³-hybridized carbons (Fsp3) is 0.227. The third-order valence-electron chi connectivity index (χ3n) is 4.34. The molecule has 0 saturated carbocycles. The van der Waals surface area contributed by atoms with E-state index in [0.717, 1.165) is 22.4 Å². The minimum Gasteiger partial charge on any atom is -0.355 e. The fourth-order valence-electron chi connectivity index (χ4n) is 3.07. The van der Waals surface area contributed by atoms with E-state index < -0.39 is 5.91 Å². The monoisotopic (exact) mass is 377 g/mol. The number of aromatic nitrogens is 1. The highest BCUT2D eigenvalue weighted by atomic mass is 16.5. The number of anilines is 1. The molecule has 2 aromatic carbocycles. The van der Waals surface area contributed by atoms with Crippen LogP contribution < -0.4 is 10.2 Å². The van der Waals surface area contributed by atoms with Crippen molar-refractivity contribution in [1.82, 2.24) is 10.5 Å². The van der Waals surface area contributed by atoms with Crippen molar-refractivity contribution in [2.45, 2.75) is 20.8 Å². The summed E-state index contributed by atoms with van der Waals surface area (Å²) in [5, 5.41) is 6.43. The van der Waals surface area contributed by atoms with Gasteiger partial charge in [-0.25, -0.2) is 0 Å². The van der Waals surface area contributed by atoms with Gasteiger partial charge in [-0.1, -0.05) is 41.6 Å². The van der Waals surface area contributed by atoms with Crippen LogP contribution in [-0.2, 0) is 4.79 Å². The van der Waals surface area contributed by atoms with E-state index >= 15 is 0 Å². The van der Waals surface area contributed by atoms with Crippen molar-refractivity contribution in [2.75, 3.05) is 18.0 Å². The quantitative estimate of drug-likeness (QED) is 0.710. The number of nitrogens with zero attached hydrogens (tertiary/aromatic N) is 2. The maximum Gasteiger partial charge on any atom is 0.273 e. The maximum absolute atomic E-state index is 12.6. The molecule has 6 nitrogen and oxygen atoms in total. The first-order valence-corrected chi connectivity index (χ1v) is 9.17. The molecule has 0 aliphatic heterocycles. The summed E-state index contributed by atoms with van der Waals surface area (Å²) in [5.74, 6) is -0.133. The van der Waals surface area contributed by atoms with Gasteiger partial charge in [0.2, 0.25) is 5.91 Å². The summed E-state index contributed by atoms with van der Waals surface area (Å²) in [5.41, 5.74) is 3.97. The molecule has 0 aliphatic rings. The third-order valence-corrected chi connectivity index (χ3v) is 4.34. The first kappa shape index (κ1) is 19.4. The maximum atomic E-state index is 12.6. The lowest BCUT2D eigenvalue weighted by molar-refractivity contribution is -0.117. The van der Waals surface area contributed by atoms with Gasteiger partial charge in [0.05, 0.1) is 6.54 Å². The Bertz CT molecular complexity index is 959. The van der Waals surface area contributed by atoms with Crippen molar-refractivity contribution in [2.24, 2.45) is 0 Å². The topological polar surface area (TPSA) is 75.4 Å². The van der Waals surface area contributed by atoms with Crippen LogP contribution in [0.1, 0.15) is 28.5 Å². The number of likely N-dealkylation sites (N-methyl/N-ethyl adjacent to an activating group) is 1. The zero-order valence-corrected chi connectivity index (χ0v) is 16.2.